The van der Waals surface area contributed by atoms with Crippen molar-refractivity contribution in [2.24, 2.45) is 5.73 Å². The van der Waals surface area contributed by atoms with Gasteiger partial charge in [0.15, 0.2) is 0 Å². The third-order valence-electron chi connectivity index (χ3n) is 2.17. The maximum Gasteiger partial charge on any atom is 0.379 e. The van der Waals surface area contributed by atoms with Crippen LogP contribution in [0.3, 0.4) is 0 Å². The van der Waals surface area contributed by atoms with E-state index in [1.54, 1.807) is 0 Å². The van der Waals surface area contributed by atoms with Crippen molar-refractivity contribution >= 4 is 5.97 Å². The Morgan fingerprint density at radius 1 is 1.59 bits per heavy atom. The summed E-state index contributed by atoms with van der Waals surface area (Å²) in [4.78, 5) is 11.0. The maximum absolute atomic E-state index is 13.5. The highest BCUT2D eigenvalue weighted by molar-refractivity contribution is 5.78. The van der Waals surface area contributed by atoms with Gasteiger partial charge in [0, 0.05) is 0 Å². The number of ether oxygens (including phenoxy) is 1. The van der Waals surface area contributed by atoms with Crippen LogP contribution in [0.4, 0.5) is 8.78 Å². The number of halogens is 2. The minimum atomic E-state index is -3.83. The van der Waals surface area contributed by atoms with E-state index < -0.39 is 17.9 Å². The van der Waals surface area contributed by atoms with Gasteiger partial charge >= 0.3 is 11.9 Å². The Morgan fingerprint density at radius 2 is 2.24 bits per heavy atom. The molecule has 1 rings (SSSR count). The van der Waals surface area contributed by atoms with E-state index in [4.69, 9.17) is 10.8 Å². The van der Waals surface area contributed by atoms with Gasteiger partial charge in [-0.2, -0.15) is 8.78 Å². The fourth-order valence-corrected chi connectivity index (χ4v) is 1.28. The minimum absolute atomic E-state index is 0.0388. The number of phenols is 1. The van der Waals surface area contributed by atoms with Gasteiger partial charge in [-0.05, 0) is 24.6 Å². The lowest BCUT2D eigenvalue weighted by Crippen LogP contribution is -2.41. The Bertz CT molecular complexity index is 409. The van der Waals surface area contributed by atoms with E-state index in [-0.39, 0.29) is 17.9 Å². The molecule has 0 spiro atoms. The second-order valence-electron chi connectivity index (χ2n) is 3.42. The van der Waals surface area contributed by atoms with Crippen LogP contribution in [0, 0.1) is 0 Å². The first-order valence-electron chi connectivity index (χ1n) is 4.99. The molecule has 0 aliphatic rings. The van der Waals surface area contributed by atoms with Crippen molar-refractivity contribution in [2.75, 3.05) is 6.61 Å². The predicted octanol–water partition coefficient (Wildman–Crippen LogP) is 1.59. The highest BCUT2D eigenvalue weighted by Gasteiger charge is 2.47. The summed E-state index contributed by atoms with van der Waals surface area (Å²) in [7, 11) is 0. The second kappa shape index (κ2) is 5.09. The van der Waals surface area contributed by atoms with Crippen LogP contribution in [0.15, 0.2) is 24.3 Å². The molecular formula is C11H13F2NO3. The molecule has 1 aromatic carbocycles. The summed E-state index contributed by atoms with van der Waals surface area (Å²) < 4.78 is 31.3. The zero-order valence-electron chi connectivity index (χ0n) is 9.19. The van der Waals surface area contributed by atoms with Crippen molar-refractivity contribution in [3.8, 4) is 5.75 Å². The van der Waals surface area contributed by atoms with Gasteiger partial charge in [0.2, 0.25) is 0 Å². The molecule has 94 valence electrons. The van der Waals surface area contributed by atoms with Crippen molar-refractivity contribution in [2.45, 2.75) is 18.9 Å². The molecule has 0 bridgehead atoms. The zero-order chi connectivity index (χ0) is 13.1. The smallest absolute Gasteiger partial charge is 0.379 e. The Morgan fingerprint density at radius 3 is 2.76 bits per heavy atom. The van der Waals surface area contributed by atoms with Crippen molar-refractivity contribution in [3.63, 3.8) is 0 Å². The Labute approximate surface area is 97.0 Å². The minimum Gasteiger partial charge on any atom is -0.508 e. The number of carbonyl (C=O) groups is 1. The Kier molecular flexibility index (Phi) is 4.01. The highest BCUT2D eigenvalue weighted by Crippen LogP contribution is 2.31. The first-order valence-corrected chi connectivity index (χ1v) is 4.99. The van der Waals surface area contributed by atoms with Crippen LogP contribution < -0.4 is 5.73 Å². The maximum atomic E-state index is 13.5. The van der Waals surface area contributed by atoms with Crippen molar-refractivity contribution in [3.05, 3.63) is 29.8 Å². The summed E-state index contributed by atoms with van der Waals surface area (Å²) in [5.41, 5.74) is 5.27. The third-order valence-corrected chi connectivity index (χ3v) is 2.17. The van der Waals surface area contributed by atoms with E-state index in [1.165, 1.54) is 25.1 Å². The molecule has 0 heterocycles. The fourth-order valence-electron chi connectivity index (χ4n) is 1.28. The van der Waals surface area contributed by atoms with E-state index in [0.717, 1.165) is 6.07 Å². The number of aromatic hydroxyl groups is 1. The number of alkyl halides is 2. The van der Waals surface area contributed by atoms with Gasteiger partial charge in [-0.3, -0.25) is 0 Å². The van der Waals surface area contributed by atoms with Crippen molar-refractivity contribution in [1.82, 2.24) is 0 Å². The molecule has 0 unspecified atom stereocenters. The quantitative estimate of drug-likeness (QED) is 0.790. The largest absolute Gasteiger partial charge is 0.508 e. The molecule has 0 amide bonds. The van der Waals surface area contributed by atoms with Gasteiger partial charge in [-0.1, -0.05) is 12.1 Å². The van der Waals surface area contributed by atoms with Gasteiger partial charge in [-0.15, -0.1) is 0 Å². The molecule has 6 heteroatoms. The van der Waals surface area contributed by atoms with Crippen LogP contribution in [0.25, 0.3) is 0 Å². The third kappa shape index (κ3) is 2.91. The summed E-state index contributed by atoms with van der Waals surface area (Å²) >= 11 is 0. The molecule has 17 heavy (non-hydrogen) atoms. The standard InChI is InChI=1S/C11H13F2NO3/c1-2-17-10(16)11(12,13)9(14)7-4-3-5-8(15)6-7/h3-6,9,15H,2,14H2,1H3/t9-/m1/s1. The van der Waals surface area contributed by atoms with Crippen molar-refractivity contribution < 1.29 is 23.4 Å². The number of benzene rings is 1. The van der Waals surface area contributed by atoms with E-state index in [9.17, 15) is 13.6 Å². The van der Waals surface area contributed by atoms with Gasteiger partial charge in [-0.25, -0.2) is 4.79 Å². The lowest BCUT2D eigenvalue weighted by molar-refractivity contribution is -0.174. The van der Waals surface area contributed by atoms with E-state index >= 15 is 0 Å². The SMILES string of the molecule is CCOC(=O)C(F)(F)[C@H](N)c1cccc(O)c1. The van der Waals surface area contributed by atoms with Crippen LogP contribution in [0.1, 0.15) is 18.5 Å². The number of nitrogens with two attached hydrogens (primary N) is 1. The Balaban J connectivity index is 2.95. The van der Waals surface area contributed by atoms with Crippen LogP contribution in [-0.2, 0) is 9.53 Å². The van der Waals surface area contributed by atoms with Gasteiger partial charge in [0.05, 0.1) is 6.61 Å². The second-order valence-corrected chi connectivity index (χ2v) is 3.42. The number of esters is 1. The zero-order valence-corrected chi connectivity index (χ0v) is 9.19. The molecule has 0 aliphatic heterocycles. The van der Waals surface area contributed by atoms with Gasteiger partial charge in [0.1, 0.15) is 11.8 Å². The van der Waals surface area contributed by atoms with E-state index in [0.29, 0.717) is 0 Å². The average molecular weight is 245 g/mol. The summed E-state index contributed by atoms with van der Waals surface area (Å²) in [5.74, 6) is -5.70. The molecule has 0 saturated carbocycles. The first kappa shape index (κ1) is 13.4. The fraction of sp³-hybridized carbons (Fsp3) is 0.364. The summed E-state index contributed by atoms with van der Waals surface area (Å²) in [5, 5.41) is 9.15. The summed E-state index contributed by atoms with van der Waals surface area (Å²) in [6.07, 6.45) is 0. The highest BCUT2D eigenvalue weighted by atomic mass is 19.3. The predicted molar refractivity (Wildman–Crippen MR) is 56.6 cm³/mol. The monoisotopic (exact) mass is 245 g/mol. The topological polar surface area (TPSA) is 72.5 Å². The molecule has 4 nitrogen and oxygen atoms in total. The summed E-state index contributed by atoms with van der Waals surface area (Å²) in [6, 6.07) is 3.22. The molecule has 1 atom stereocenters. The number of phenolic OH excluding ortho intramolecular Hbond substituents is 1. The molecule has 0 saturated heterocycles. The number of rotatable bonds is 4. The van der Waals surface area contributed by atoms with Gasteiger partial charge in [0.25, 0.3) is 0 Å². The molecule has 0 aliphatic carbocycles. The normalized spacial score (nSPS) is 13.2. The Hall–Kier alpha value is -1.69. The molecule has 3 N–H and O–H groups in total. The molecule has 1 aromatic rings. The van der Waals surface area contributed by atoms with Crippen molar-refractivity contribution in [1.29, 1.82) is 0 Å². The number of hydrogen-bond donors (Lipinski definition) is 2. The molecule has 0 fully saturated rings. The van der Waals surface area contributed by atoms with Gasteiger partial charge < -0.3 is 15.6 Å². The lowest BCUT2D eigenvalue weighted by atomic mass is 10.0. The molecular weight excluding hydrogens is 232 g/mol. The van der Waals surface area contributed by atoms with E-state index in [2.05, 4.69) is 4.74 Å². The molecule has 0 aromatic heterocycles. The molecule has 0 radical (unpaired) electrons. The van der Waals surface area contributed by atoms with E-state index in [1.807, 2.05) is 0 Å². The van der Waals surface area contributed by atoms with Crippen LogP contribution in [-0.4, -0.2) is 23.6 Å². The summed E-state index contributed by atoms with van der Waals surface area (Å²) in [6.45, 7) is 1.27. The number of hydrogen-bond acceptors (Lipinski definition) is 4. The van der Waals surface area contributed by atoms with Crippen LogP contribution in [0.2, 0.25) is 0 Å². The lowest BCUT2D eigenvalue weighted by Gasteiger charge is -2.21. The first-order chi connectivity index (χ1) is 7.89. The average Bonchev–Trinajstić information content (AvgIpc) is 2.28. The number of carbonyl (C=O) groups excluding carboxylic acids is 1. The van der Waals surface area contributed by atoms with Crippen LogP contribution in [0.5, 0.6) is 5.75 Å². The van der Waals surface area contributed by atoms with Crippen LogP contribution >= 0.6 is 0 Å².